The lowest BCUT2D eigenvalue weighted by atomic mass is 10.0. The van der Waals surface area contributed by atoms with E-state index in [1.807, 2.05) is 0 Å². The third-order valence-electron chi connectivity index (χ3n) is 3.83. The number of hydrogen-bond donors (Lipinski definition) is 2. The third kappa shape index (κ3) is 3.14. The molecular weight excluding hydrogens is 337 g/mol. The van der Waals surface area contributed by atoms with Gasteiger partial charge in [-0.2, -0.15) is 18.3 Å². The first kappa shape index (κ1) is 17.2. The smallest absolute Gasteiger partial charge is 0.416 e. The van der Waals surface area contributed by atoms with Crippen molar-refractivity contribution < 1.29 is 23.4 Å². The Balaban J connectivity index is 2.09. The first-order chi connectivity index (χ1) is 11.7. The second kappa shape index (κ2) is 5.99. The summed E-state index contributed by atoms with van der Waals surface area (Å²) >= 11 is 0. The van der Waals surface area contributed by atoms with Gasteiger partial charge in [0.15, 0.2) is 5.65 Å². The minimum absolute atomic E-state index is 0.156. The van der Waals surface area contributed by atoms with Crippen molar-refractivity contribution in [3.05, 3.63) is 35.5 Å². The van der Waals surface area contributed by atoms with Gasteiger partial charge in [-0.05, 0) is 37.6 Å². The number of benzene rings is 1. The number of alkyl halides is 3. The number of aliphatic hydroxyl groups excluding tert-OH is 1. The van der Waals surface area contributed by atoms with E-state index < -0.39 is 23.6 Å². The third-order valence-corrected chi connectivity index (χ3v) is 3.83. The average Bonchev–Trinajstić information content (AvgIpc) is 2.90. The zero-order valence-electron chi connectivity index (χ0n) is 13.4. The van der Waals surface area contributed by atoms with E-state index >= 15 is 0 Å². The van der Waals surface area contributed by atoms with Crippen molar-refractivity contribution in [3.63, 3.8) is 0 Å². The van der Waals surface area contributed by atoms with Gasteiger partial charge in [-0.25, -0.2) is 4.68 Å². The molecule has 2 N–H and O–H groups in total. The topological polar surface area (TPSA) is 84.1 Å². The summed E-state index contributed by atoms with van der Waals surface area (Å²) < 4.78 is 39.7. The Labute approximate surface area is 140 Å². The highest BCUT2D eigenvalue weighted by Gasteiger charge is 2.31. The standard InChI is InChI=1S/C16H15F3N4O2/c1-8(24)7-23-15-12(6-20-23)9(2)14(21-22-15)11-4-3-10(5-13(11)25)16(17,18)19/h3-6,8,24-25H,7H2,1-2H3. The quantitative estimate of drug-likeness (QED) is 0.757. The molecule has 0 saturated heterocycles. The average molecular weight is 352 g/mol. The molecule has 2 heterocycles. The fraction of sp³-hybridized carbons (Fsp3) is 0.312. The summed E-state index contributed by atoms with van der Waals surface area (Å²) in [5.41, 5.74) is 0.564. The fourth-order valence-electron chi connectivity index (χ4n) is 2.60. The number of rotatable bonds is 3. The van der Waals surface area contributed by atoms with Crippen molar-refractivity contribution >= 4 is 11.0 Å². The van der Waals surface area contributed by atoms with Gasteiger partial charge in [-0.1, -0.05) is 0 Å². The van der Waals surface area contributed by atoms with Crippen LogP contribution in [0.1, 0.15) is 18.1 Å². The molecule has 0 fully saturated rings. The summed E-state index contributed by atoms with van der Waals surface area (Å²) in [4.78, 5) is 0. The number of aliphatic hydroxyl groups is 1. The summed E-state index contributed by atoms with van der Waals surface area (Å²) in [5, 5.41) is 32.4. The molecule has 3 aromatic rings. The van der Waals surface area contributed by atoms with Crippen LogP contribution in [-0.4, -0.2) is 36.3 Å². The van der Waals surface area contributed by atoms with E-state index in [1.165, 1.54) is 10.7 Å². The van der Waals surface area contributed by atoms with E-state index in [0.29, 0.717) is 22.7 Å². The lowest BCUT2D eigenvalue weighted by molar-refractivity contribution is -0.137. The molecule has 1 aromatic carbocycles. The number of aryl methyl sites for hydroxylation is 1. The normalized spacial score (nSPS) is 13.4. The van der Waals surface area contributed by atoms with Crippen LogP contribution in [-0.2, 0) is 12.7 Å². The summed E-state index contributed by atoms with van der Waals surface area (Å²) in [7, 11) is 0. The number of aromatic nitrogens is 4. The van der Waals surface area contributed by atoms with Crippen LogP contribution in [0.15, 0.2) is 24.4 Å². The van der Waals surface area contributed by atoms with Gasteiger partial charge in [0, 0.05) is 10.9 Å². The van der Waals surface area contributed by atoms with Gasteiger partial charge < -0.3 is 10.2 Å². The SMILES string of the molecule is Cc1c(-c2ccc(C(F)(F)F)cc2O)nnc2c1cnn2CC(C)O. The molecule has 0 radical (unpaired) electrons. The van der Waals surface area contributed by atoms with Crippen molar-refractivity contribution in [3.8, 4) is 17.0 Å². The Hall–Kier alpha value is -2.68. The highest BCUT2D eigenvalue weighted by molar-refractivity contribution is 5.85. The maximum absolute atomic E-state index is 12.7. The summed E-state index contributed by atoms with van der Waals surface area (Å²) in [5.74, 6) is -0.525. The van der Waals surface area contributed by atoms with E-state index in [-0.39, 0.29) is 17.8 Å². The van der Waals surface area contributed by atoms with Crippen molar-refractivity contribution in [1.82, 2.24) is 20.0 Å². The number of nitrogens with zero attached hydrogens (tertiary/aromatic N) is 4. The Morgan fingerprint density at radius 3 is 2.56 bits per heavy atom. The number of hydrogen-bond acceptors (Lipinski definition) is 5. The molecule has 0 saturated carbocycles. The summed E-state index contributed by atoms with van der Waals surface area (Å²) in [6, 6.07) is 2.72. The second-order valence-corrected chi connectivity index (χ2v) is 5.82. The van der Waals surface area contributed by atoms with E-state index in [1.54, 1.807) is 20.0 Å². The van der Waals surface area contributed by atoms with Crippen molar-refractivity contribution in [2.45, 2.75) is 32.7 Å². The molecule has 0 aliphatic heterocycles. The number of aromatic hydroxyl groups is 1. The minimum Gasteiger partial charge on any atom is -0.507 e. The Bertz CT molecular complexity index is 935. The van der Waals surface area contributed by atoms with Crippen LogP contribution in [0.5, 0.6) is 5.75 Å². The number of halogens is 3. The molecule has 0 spiro atoms. The molecule has 132 valence electrons. The maximum Gasteiger partial charge on any atom is 0.416 e. The van der Waals surface area contributed by atoms with Gasteiger partial charge in [0.2, 0.25) is 0 Å². The molecule has 3 rings (SSSR count). The molecule has 6 nitrogen and oxygen atoms in total. The van der Waals surface area contributed by atoms with Crippen LogP contribution in [0, 0.1) is 6.92 Å². The molecule has 0 amide bonds. The van der Waals surface area contributed by atoms with Crippen molar-refractivity contribution in [2.75, 3.05) is 0 Å². The van der Waals surface area contributed by atoms with Crippen molar-refractivity contribution in [2.24, 2.45) is 0 Å². The molecule has 9 heteroatoms. The van der Waals surface area contributed by atoms with Gasteiger partial charge in [-0.15, -0.1) is 10.2 Å². The first-order valence-corrected chi connectivity index (χ1v) is 7.46. The lowest BCUT2D eigenvalue weighted by Gasteiger charge is -2.11. The molecule has 0 aliphatic carbocycles. The monoisotopic (exact) mass is 352 g/mol. The highest BCUT2D eigenvalue weighted by Crippen LogP contribution is 2.37. The van der Waals surface area contributed by atoms with Gasteiger partial charge in [0.1, 0.15) is 11.4 Å². The number of phenolic OH excluding ortho intramolecular Hbond substituents is 1. The molecule has 0 aliphatic rings. The van der Waals surface area contributed by atoms with Crippen LogP contribution < -0.4 is 0 Å². The Kier molecular flexibility index (Phi) is 4.11. The van der Waals surface area contributed by atoms with Crippen LogP contribution in [0.3, 0.4) is 0 Å². The van der Waals surface area contributed by atoms with Crippen LogP contribution in [0.25, 0.3) is 22.3 Å². The number of fused-ring (bicyclic) bond motifs is 1. The van der Waals surface area contributed by atoms with E-state index in [4.69, 9.17) is 0 Å². The van der Waals surface area contributed by atoms with Crippen LogP contribution >= 0.6 is 0 Å². The molecular formula is C16H15F3N4O2. The van der Waals surface area contributed by atoms with E-state index in [9.17, 15) is 23.4 Å². The largest absolute Gasteiger partial charge is 0.507 e. The van der Waals surface area contributed by atoms with Gasteiger partial charge in [0.05, 0.1) is 24.4 Å². The molecule has 0 bridgehead atoms. The van der Waals surface area contributed by atoms with Crippen molar-refractivity contribution in [1.29, 1.82) is 0 Å². The van der Waals surface area contributed by atoms with Crippen LogP contribution in [0.4, 0.5) is 13.2 Å². The molecule has 25 heavy (non-hydrogen) atoms. The van der Waals surface area contributed by atoms with Gasteiger partial charge in [0.25, 0.3) is 0 Å². The summed E-state index contributed by atoms with van der Waals surface area (Å²) in [6.45, 7) is 3.57. The van der Waals surface area contributed by atoms with E-state index in [2.05, 4.69) is 15.3 Å². The van der Waals surface area contributed by atoms with Crippen LogP contribution in [0.2, 0.25) is 0 Å². The fourth-order valence-corrected chi connectivity index (χ4v) is 2.60. The molecule has 2 aromatic heterocycles. The zero-order valence-corrected chi connectivity index (χ0v) is 13.4. The maximum atomic E-state index is 12.7. The predicted octanol–water partition coefficient (Wildman–Crippen LogP) is 2.91. The Morgan fingerprint density at radius 1 is 1.24 bits per heavy atom. The summed E-state index contributed by atoms with van der Waals surface area (Å²) in [6.07, 6.45) is -3.61. The zero-order chi connectivity index (χ0) is 18.4. The minimum atomic E-state index is -4.54. The predicted molar refractivity (Wildman–Crippen MR) is 83.8 cm³/mol. The highest BCUT2D eigenvalue weighted by atomic mass is 19.4. The number of phenols is 1. The second-order valence-electron chi connectivity index (χ2n) is 5.82. The Morgan fingerprint density at radius 2 is 1.96 bits per heavy atom. The van der Waals surface area contributed by atoms with E-state index in [0.717, 1.165) is 6.07 Å². The van der Waals surface area contributed by atoms with Gasteiger partial charge >= 0.3 is 6.18 Å². The molecule has 1 unspecified atom stereocenters. The van der Waals surface area contributed by atoms with Gasteiger partial charge in [-0.3, -0.25) is 0 Å². The first-order valence-electron chi connectivity index (χ1n) is 7.46. The molecule has 1 atom stereocenters. The lowest BCUT2D eigenvalue weighted by Crippen LogP contribution is -2.13.